The Kier molecular flexibility index (Phi) is 18.0. The number of carboxylic acid groups (broad SMARTS) is 2. The lowest BCUT2D eigenvalue weighted by molar-refractivity contribution is -0.437. The SMILES string of the molecule is CCCCC(C(=O)O)C1(C)/C(=C/C=C/C=C/C=C/C2=[N+](CCCS(=O)(=O)[O-])c3cc(I)c(I)c(I)c3C2(C)CCCCCC(=O)O)N(CS(=O)(=O)O)c2ccc(S(=O)(=O)[O-])cc21. The zero-order valence-corrected chi connectivity index (χ0v) is 43.0. The van der Waals surface area contributed by atoms with Gasteiger partial charge in [-0.2, -0.15) is 13.0 Å². The highest BCUT2D eigenvalue weighted by atomic mass is 127. The van der Waals surface area contributed by atoms with Crippen LogP contribution in [0.3, 0.4) is 0 Å². The molecule has 4 rings (SSSR count). The molecule has 2 aromatic rings. The molecule has 340 valence electrons. The molecule has 62 heavy (non-hydrogen) atoms. The molecule has 3 unspecified atom stereocenters. The van der Waals surface area contributed by atoms with Gasteiger partial charge in [0.05, 0.1) is 31.9 Å². The molecule has 3 atom stereocenters. The minimum absolute atomic E-state index is 0.0542. The molecule has 21 heteroatoms. The Bertz CT molecular complexity index is 2570. The number of unbranched alkanes of at least 4 members (excludes halogenated alkanes) is 3. The first-order valence-corrected chi connectivity index (χ1v) is 27.4. The number of hydrogen-bond acceptors (Lipinski definition) is 11. The van der Waals surface area contributed by atoms with Crippen LogP contribution in [0, 0.1) is 16.6 Å². The smallest absolute Gasteiger partial charge is 0.307 e. The van der Waals surface area contributed by atoms with Gasteiger partial charge in [0.25, 0.3) is 10.1 Å². The Labute approximate surface area is 404 Å². The second-order valence-electron chi connectivity index (χ2n) is 15.5. The molecule has 0 saturated heterocycles. The molecule has 3 N–H and O–H groups in total. The summed E-state index contributed by atoms with van der Waals surface area (Å²) in [5.74, 6) is -4.81. The summed E-state index contributed by atoms with van der Waals surface area (Å²) in [4.78, 5) is 24.7. The molecular formula is C41H48I3N2O13S3-. The standard InChI is InChI=1S/C41H49I3N2O13S3/c1-4-5-15-28(39(49)50)41(3)29-24-27(62(57,58)59)19-20-31(29)46(26-61(54,55)56)34(41)17-11-8-6-7-10-16-33-40(2,21-13-9-12-18-35(47)48)36-32(25-30(42)37(43)38(36)44)45(33)22-14-23-60(51,52)53/h6-8,10-11,16-17,19-20,24-25,28H,4-5,9,12-15,18,21-23,26H2,1-3H3,(H4-,47,48,49,50,51,52,53,54,55,56,57,58,59)/p-1. The molecule has 0 amide bonds. The lowest BCUT2D eigenvalue weighted by Gasteiger charge is -2.35. The van der Waals surface area contributed by atoms with Crippen LogP contribution in [0.4, 0.5) is 11.4 Å². The van der Waals surface area contributed by atoms with Crippen LogP contribution in [-0.2, 0) is 50.8 Å². The molecule has 0 fully saturated rings. The maximum atomic E-state index is 12.9. The molecule has 0 bridgehead atoms. The second kappa shape index (κ2) is 21.4. The van der Waals surface area contributed by atoms with Crippen molar-refractivity contribution in [2.75, 3.05) is 23.1 Å². The average Bonchev–Trinajstić information content (AvgIpc) is 3.51. The van der Waals surface area contributed by atoms with Crippen molar-refractivity contribution in [1.29, 1.82) is 0 Å². The highest BCUT2D eigenvalue weighted by molar-refractivity contribution is 14.1. The van der Waals surface area contributed by atoms with Crippen molar-refractivity contribution in [2.45, 2.75) is 94.3 Å². The van der Waals surface area contributed by atoms with Crippen LogP contribution < -0.4 is 4.90 Å². The van der Waals surface area contributed by atoms with Gasteiger partial charge in [0.1, 0.15) is 16.7 Å². The predicted octanol–water partition coefficient (Wildman–Crippen LogP) is 7.80. The fourth-order valence-corrected chi connectivity index (χ4v) is 12.6. The summed E-state index contributed by atoms with van der Waals surface area (Å²) in [6.07, 6.45) is 15.7. The van der Waals surface area contributed by atoms with Gasteiger partial charge in [0.2, 0.25) is 5.69 Å². The average molecular weight is 1250 g/mol. The molecule has 15 nitrogen and oxygen atoms in total. The van der Waals surface area contributed by atoms with E-state index in [1.165, 1.54) is 17.0 Å². The van der Waals surface area contributed by atoms with E-state index < -0.39 is 75.6 Å². The Morgan fingerprint density at radius 2 is 1.55 bits per heavy atom. The van der Waals surface area contributed by atoms with Gasteiger partial charge in [-0.1, -0.05) is 63.0 Å². The molecule has 2 heterocycles. The van der Waals surface area contributed by atoms with Crippen molar-refractivity contribution in [2.24, 2.45) is 5.92 Å². The van der Waals surface area contributed by atoms with E-state index in [9.17, 15) is 58.7 Å². The largest absolute Gasteiger partial charge is 0.748 e. The topological polar surface area (TPSA) is 250 Å². The fraction of sp³-hybridized carbons (Fsp3) is 0.439. The van der Waals surface area contributed by atoms with Gasteiger partial charge < -0.3 is 24.2 Å². The zero-order chi connectivity index (χ0) is 46.4. The Morgan fingerprint density at radius 3 is 2.15 bits per heavy atom. The number of rotatable bonds is 22. The first-order chi connectivity index (χ1) is 28.8. The van der Waals surface area contributed by atoms with Crippen molar-refractivity contribution >= 4 is 127 Å². The lowest BCUT2D eigenvalue weighted by Crippen LogP contribution is -2.41. The van der Waals surface area contributed by atoms with Crippen LogP contribution in [0.2, 0.25) is 0 Å². The van der Waals surface area contributed by atoms with E-state index in [1.807, 2.05) is 23.6 Å². The van der Waals surface area contributed by atoms with E-state index in [2.05, 4.69) is 74.7 Å². The third-order valence-electron chi connectivity index (χ3n) is 11.2. The van der Waals surface area contributed by atoms with Crippen LogP contribution >= 0.6 is 67.8 Å². The van der Waals surface area contributed by atoms with Crippen molar-refractivity contribution in [3.63, 3.8) is 0 Å². The van der Waals surface area contributed by atoms with Gasteiger partial charge in [-0.3, -0.25) is 14.1 Å². The van der Waals surface area contributed by atoms with Crippen LogP contribution in [-0.4, -0.2) is 89.5 Å². The number of allylic oxidation sites excluding steroid dienone is 8. The van der Waals surface area contributed by atoms with Crippen molar-refractivity contribution < 1.29 is 63.3 Å². The summed E-state index contributed by atoms with van der Waals surface area (Å²) in [7, 11) is -14.2. The summed E-state index contributed by atoms with van der Waals surface area (Å²) in [6.45, 7) is 5.76. The minimum Gasteiger partial charge on any atom is -0.748 e. The molecule has 2 aliphatic heterocycles. The third kappa shape index (κ3) is 12.5. The normalized spacial score (nSPS) is 20.6. The number of benzene rings is 2. The first-order valence-electron chi connectivity index (χ1n) is 19.5. The Hall–Kier alpha value is -2.27. The van der Waals surface area contributed by atoms with Crippen molar-refractivity contribution in [3.05, 3.63) is 94.3 Å². The summed E-state index contributed by atoms with van der Waals surface area (Å²) in [6, 6.07) is 5.35. The molecular weight excluding hydrogens is 1210 g/mol. The second-order valence-corrected chi connectivity index (χ2v) is 23.2. The highest BCUT2D eigenvalue weighted by Gasteiger charge is 2.52. The lowest BCUT2D eigenvalue weighted by atomic mass is 9.69. The Morgan fingerprint density at radius 1 is 0.887 bits per heavy atom. The van der Waals surface area contributed by atoms with E-state index in [1.54, 1.807) is 37.3 Å². The Balaban J connectivity index is 1.80. The quantitative estimate of drug-likeness (QED) is 0.0254. The van der Waals surface area contributed by atoms with E-state index in [-0.39, 0.29) is 42.8 Å². The van der Waals surface area contributed by atoms with Gasteiger partial charge in [-0.25, -0.2) is 16.8 Å². The molecule has 0 spiro atoms. The molecule has 2 aromatic carbocycles. The van der Waals surface area contributed by atoms with Gasteiger partial charge in [-0.15, -0.1) is 0 Å². The molecule has 0 aliphatic carbocycles. The van der Waals surface area contributed by atoms with E-state index in [4.69, 9.17) is 0 Å². The summed E-state index contributed by atoms with van der Waals surface area (Å²) >= 11 is 6.87. The number of aliphatic carboxylic acids is 2. The fourth-order valence-electron chi connectivity index (χ4n) is 8.33. The predicted molar refractivity (Wildman–Crippen MR) is 258 cm³/mol. The molecule has 0 saturated carbocycles. The monoisotopic (exact) mass is 1250 g/mol. The van der Waals surface area contributed by atoms with Crippen LogP contribution in [0.1, 0.15) is 89.7 Å². The summed E-state index contributed by atoms with van der Waals surface area (Å²) in [5, 5.41) is 19.7. The van der Waals surface area contributed by atoms with E-state index in [0.717, 1.165) is 39.8 Å². The van der Waals surface area contributed by atoms with Gasteiger partial charge in [0, 0.05) is 58.2 Å². The summed E-state index contributed by atoms with van der Waals surface area (Å²) < 4.78 is 111. The minimum atomic E-state index is -4.99. The first kappa shape index (κ1) is 52.4. The van der Waals surface area contributed by atoms with Gasteiger partial charge >= 0.3 is 11.9 Å². The van der Waals surface area contributed by atoms with E-state index in [0.29, 0.717) is 38.5 Å². The number of fused-ring (bicyclic) bond motifs is 2. The van der Waals surface area contributed by atoms with Gasteiger partial charge in [-0.05, 0) is 131 Å². The number of nitrogens with zero attached hydrogens (tertiary/aromatic N) is 2. The number of hydrogen-bond donors (Lipinski definition) is 3. The van der Waals surface area contributed by atoms with E-state index >= 15 is 0 Å². The molecule has 0 aromatic heterocycles. The van der Waals surface area contributed by atoms with Crippen LogP contribution in [0.15, 0.2) is 77.4 Å². The zero-order valence-electron chi connectivity index (χ0n) is 34.1. The number of halogens is 3. The highest BCUT2D eigenvalue weighted by Crippen LogP contribution is 2.54. The number of carboxylic acids is 2. The van der Waals surface area contributed by atoms with Crippen molar-refractivity contribution in [1.82, 2.24) is 0 Å². The van der Waals surface area contributed by atoms with Crippen LogP contribution in [0.5, 0.6) is 0 Å². The molecule has 0 radical (unpaired) electrons. The number of anilines is 1. The third-order valence-corrected chi connectivity index (χ3v) is 18.5. The van der Waals surface area contributed by atoms with Crippen molar-refractivity contribution in [3.8, 4) is 0 Å². The summed E-state index contributed by atoms with van der Waals surface area (Å²) in [5.41, 5.74) is 1.03. The van der Waals surface area contributed by atoms with Crippen LogP contribution in [0.25, 0.3) is 0 Å². The number of carbonyl (C=O) groups is 2. The maximum absolute atomic E-state index is 12.9. The maximum Gasteiger partial charge on any atom is 0.307 e. The van der Waals surface area contributed by atoms with Gasteiger partial charge in [0.15, 0.2) is 11.6 Å². The molecule has 2 aliphatic rings.